The van der Waals surface area contributed by atoms with E-state index in [2.05, 4.69) is 4.98 Å². The molecule has 30 heavy (non-hydrogen) atoms. The molecule has 0 bridgehead atoms. The zero-order valence-corrected chi connectivity index (χ0v) is 16.7. The summed E-state index contributed by atoms with van der Waals surface area (Å²) in [7, 11) is 1.66. The minimum absolute atomic E-state index is 0.237. The van der Waals surface area contributed by atoms with E-state index in [1.807, 2.05) is 30.3 Å². The van der Waals surface area contributed by atoms with Crippen molar-refractivity contribution in [2.45, 2.75) is 31.8 Å². The number of rotatable bonds is 5. The van der Waals surface area contributed by atoms with Crippen molar-refractivity contribution in [1.29, 1.82) is 0 Å². The van der Waals surface area contributed by atoms with Crippen LogP contribution in [0.3, 0.4) is 0 Å². The maximum atomic E-state index is 13.3. The zero-order chi connectivity index (χ0) is 20.5. The first-order valence-corrected chi connectivity index (χ1v) is 10.2. The topological polar surface area (TPSA) is 48.7 Å². The van der Waals surface area contributed by atoms with E-state index in [4.69, 9.17) is 14.6 Å². The summed E-state index contributed by atoms with van der Waals surface area (Å²) in [4.78, 5) is 4.44. The highest BCUT2D eigenvalue weighted by molar-refractivity contribution is 5.70. The summed E-state index contributed by atoms with van der Waals surface area (Å²) >= 11 is 0. The van der Waals surface area contributed by atoms with Gasteiger partial charge in [0.1, 0.15) is 5.82 Å². The normalized spacial score (nSPS) is 14.3. The molecule has 0 atom stereocenters. The highest BCUT2D eigenvalue weighted by Crippen LogP contribution is 2.35. The summed E-state index contributed by atoms with van der Waals surface area (Å²) in [6.07, 6.45) is 6.57. The number of hydrogen-bond acceptors (Lipinski definition) is 4. The Kier molecular flexibility index (Phi) is 4.83. The molecule has 0 amide bonds. The Morgan fingerprint density at radius 2 is 1.70 bits per heavy atom. The average molecular weight is 403 g/mol. The first-order valence-electron chi connectivity index (χ1n) is 10.2. The van der Waals surface area contributed by atoms with Gasteiger partial charge >= 0.3 is 0 Å². The predicted molar refractivity (Wildman–Crippen MR) is 113 cm³/mol. The molecule has 152 valence electrons. The van der Waals surface area contributed by atoms with E-state index >= 15 is 0 Å². The molecule has 0 N–H and O–H groups in total. The smallest absolute Gasteiger partial charge is 0.162 e. The van der Waals surface area contributed by atoms with Gasteiger partial charge < -0.3 is 9.47 Å². The molecule has 5 nitrogen and oxygen atoms in total. The number of fused-ring (bicyclic) bond motifs is 1. The van der Waals surface area contributed by atoms with Crippen LogP contribution < -0.4 is 9.47 Å². The maximum absolute atomic E-state index is 13.3. The Hall–Kier alpha value is -3.41. The van der Waals surface area contributed by atoms with Gasteiger partial charge in [0.2, 0.25) is 0 Å². The van der Waals surface area contributed by atoms with Crippen LogP contribution in [0.15, 0.2) is 60.8 Å². The van der Waals surface area contributed by atoms with Gasteiger partial charge in [-0.15, -0.1) is 0 Å². The lowest BCUT2D eigenvalue weighted by atomic mass is 10.1. The third-order valence-electron chi connectivity index (χ3n) is 5.55. The van der Waals surface area contributed by atoms with E-state index in [1.165, 1.54) is 25.0 Å². The van der Waals surface area contributed by atoms with Crippen LogP contribution in [0.5, 0.6) is 11.5 Å². The molecule has 0 aliphatic heterocycles. The SMILES string of the molecule is COc1ccc(-c2ccnc3cc(-c4ccc(F)cc4)nn23)cc1OC1CCCC1. The van der Waals surface area contributed by atoms with Gasteiger partial charge in [-0.05, 0) is 74.2 Å². The molecule has 2 aromatic carbocycles. The summed E-state index contributed by atoms with van der Waals surface area (Å²) in [6.45, 7) is 0. The minimum Gasteiger partial charge on any atom is -0.493 e. The van der Waals surface area contributed by atoms with Crippen molar-refractivity contribution < 1.29 is 13.9 Å². The van der Waals surface area contributed by atoms with Crippen molar-refractivity contribution in [3.63, 3.8) is 0 Å². The minimum atomic E-state index is -0.269. The van der Waals surface area contributed by atoms with E-state index in [0.717, 1.165) is 52.5 Å². The third kappa shape index (κ3) is 3.49. The fraction of sp³-hybridized carbons (Fsp3) is 0.250. The van der Waals surface area contributed by atoms with Crippen molar-refractivity contribution in [3.8, 4) is 34.0 Å². The van der Waals surface area contributed by atoms with Crippen LogP contribution in [-0.4, -0.2) is 27.8 Å². The highest BCUT2D eigenvalue weighted by atomic mass is 19.1. The van der Waals surface area contributed by atoms with E-state index in [1.54, 1.807) is 30.0 Å². The highest BCUT2D eigenvalue weighted by Gasteiger charge is 2.19. The van der Waals surface area contributed by atoms with Gasteiger partial charge in [-0.25, -0.2) is 13.9 Å². The number of halogens is 1. The Balaban J connectivity index is 1.56. The average Bonchev–Trinajstić information content (AvgIpc) is 3.43. The van der Waals surface area contributed by atoms with Crippen LogP contribution in [0.4, 0.5) is 4.39 Å². The molecule has 4 aromatic rings. The van der Waals surface area contributed by atoms with E-state index in [9.17, 15) is 4.39 Å². The summed E-state index contributed by atoms with van der Waals surface area (Å²) < 4.78 is 26.8. The monoisotopic (exact) mass is 403 g/mol. The van der Waals surface area contributed by atoms with Crippen LogP contribution in [0.25, 0.3) is 28.2 Å². The second kappa shape index (κ2) is 7.78. The first kappa shape index (κ1) is 18.6. The molecule has 2 heterocycles. The van der Waals surface area contributed by atoms with Gasteiger partial charge in [-0.2, -0.15) is 5.10 Å². The largest absolute Gasteiger partial charge is 0.493 e. The number of aromatic nitrogens is 3. The van der Waals surface area contributed by atoms with Crippen molar-refractivity contribution >= 4 is 5.65 Å². The second-order valence-corrected chi connectivity index (χ2v) is 7.53. The van der Waals surface area contributed by atoms with E-state index in [0.29, 0.717) is 0 Å². The molecular formula is C24H22FN3O2. The number of nitrogens with zero attached hydrogens (tertiary/aromatic N) is 3. The molecule has 1 aliphatic rings. The van der Waals surface area contributed by atoms with Crippen molar-refractivity contribution in [2.24, 2.45) is 0 Å². The van der Waals surface area contributed by atoms with Crippen molar-refractivity contribution in [3.05, 3.63) is 66.6 Å². The Bertz CT molecular complexity index is 1180. The number of ether oxygens (including phenoxy) is 2. The van der Waals surface area contributed by atoms with Gasteiger partial charge in [0.15, 0.2) is 17.1 Å². The van der Waals surface area contributed by atoms with Gasteiger partial charge in [0.05, 0.1) is 24.6 Å². The lowest BCUT2D eigenvalue weighted by Crippen LogP contribution is -2.11. The van der Waals surface area contributed by atoms with Gasteiger partial charge in [0.25, 0.3) is 0 Å². The number of methoxy groups -OCH3 is 1. The Morgan fingerprint density at radius 1 is 0.933 bits per heavy atom. The van der Waals surface area contributed by atoms with E-state index in [-0.39, 0.29) is 11.9 Å². The maximum Gasteiger partial charge on any atom is 0.162 e. The summed E-state index contributed by atoms with van der Waals surface area (Å²) in [5, 5.41) is 4.72. The summed E-state index contributed by atoms with van der Waals surface area (Å²) in [6, 6.07) is 16.1. The molecule has 1 aliphatic carbocycles. The van der Waals surface area contributed by atoms with Gasteiger partial charge in [0, 0.05) is 23.4 Å². The summed E-state index contributed by atoms with van der Waals surface area (Å²) in [5.41, 5.74) is 4.16. The van der Waals surface area contributed by atoms with Crippen molar-refractivity contribution in [1.82, 2.24) is 14.6 Å². The van der Waals surface area contributed by atoms with Gasteiger partial charge in [-0.1, -0.05) is 0 Å². The molecule has 0 saturated heterocycles. The molecule has 0 radical (unpaired) electrons. The van der Waals surface area contributed by atoms with Crippen LogP contribution in [0.1, 0.15) is 25.7 Å². The third-order valence-corrected chi connectivity index (χ3v) is 5.55. The Labute approximate surface area is 174 Å². The molecular weight excluding hydrogens is 381 g/mol. The predicted octanol–water partition coefficient (Wildman–Crippen LogP) is 5.53. The number of benzene rings is 2. The summed E-state index contributed by atoms with van der Waals surface area (Å²) in [5.74, 6) is 1.20. The fourth-order valence-electron chi connectivity index (χ4n) is 3.99. The van der Waals surface area contributed by atoms with Crippen LogP contribution >= 0.6 is 0 Å². The lowest BCUT2D eigenvalue weighted by Gasteiger charge is -2.17. The molecule has 1 fully saturated rings. The zero-order valence-electron chi connectivity index (χ0n) is 16.7. The van der Waals surface area contributed by atoms with Crippen LogP contribution in [-0.2, 0) is 0 Å². The first-order chi connectivity index (χ1) is 14.7. The number of hydrogen-bond donors (Lipinski definition) is 0. The van der Waals surface area contributed by atoms with E-state index < -0.39 is 0 Å². The van der Waals surface area contributed by atoms with Crippen LogP contribution in [0, 0.1) is 5.82 Å². The molecule has 2 aromatic heterocycles. The quantitative estimate of drug-likeness (QED) is 0.439. The Morgan fingerprint density at radius 3 is 2.47 bits per heavy atom. The van der Waals surface area contributed by atoms with Gasteiger partial charge in [-0.3, -0.25) is 0 Å². The molecule has 0 unspecified atom stereocenters. The fourth-order valence-corrected chi connectivity index (χ4v) is 3.99. The standard InChI is InChI=1S/C24H22FN3O2/c1-29-22-11-8-17(14-23(22)30-19-4-2-3-5-19)21-12-13-26-24-15-20(27-28(21)24)16-6-9-18(25)10-7-16/h6-15,19H,2-5H2,1H3. The molecule has 0 spiro atoms. The molecule has 6 heteroatoms. The molecule has 1 saturated carbocycles. The lowest BCUT2D eigenvalue weighted by molar-refractivity contribution is 0.201. The second-order valence-electron chi connectivity index (χ2n) is 7.53. The van der Waals surface area contributed by atoms with Crippen molar-refractivity contribution in [2.75, 3.05) is 7.11 Å². The van der Waals surface area contributed by atoms with Crippen LogP contribution in [0.2, 0.25) is 0 Å². The molecule has 5 rings (SSSR count).